The van der Waals surface area contributed by atoms with E-state index in [0.717, 1.165) is 25.2 Å². The van der Waals surface area contributed by atoms with Crippen LogP contribution < -0.4 is 4.74 Å². The van der Waals surface area contributed by atoms with Crippen molar-refractivity contribution in [3.8, 4) is 5.75 Å². The van der Waals surface area contributed by atoms with Crippen molar-refractivity contribution in [2.45, 2.75) is 38.6 Å². The van der Waals surface area contributed by atoms with E-state index in [1.165, 1.54) is 0 Å². The third kappa shape index (κ3) is 4.34. The van der Waals surface area contributed by atoms with Crippen LogP contribution in [0.25, 0.3) is 0 Å². The van der Waals surface area contributed by atoms with Gasteiger partial charge in [0.15, 0.2) is 6.61 Å². The van der Waals surface area contributed by atoms with E-state index in [0.29, 0.717) is 23.4 Å². The highest BCUT2D eigenvalue weighted by Gasteiger charge is 2.28. The lowest BCUT2D eigenvalue weighted by Crippen LogP contribution is -2.42. The number of imidazole rings is 1. The number of ether oxygens (including phenoxy) is 1. The molecular formula is C19H24ClN3O2. The molecule has 1 amide bonds. The molecule has 1 aliphatic rings. The molecule has 1 atom stereocenters. The van der Waals surface area contributed by atoms with Crippen LogP contribution in [-0.2, 0) is 4.79 Å². The predicted molar refractivity (Wildman–Crippen MR) is 98.1 cm³/mol. The molecule has 6 heteroatoms. The van der Waals surface area contributed by atoms with Crippen LogP contribution in [0.1, 0.15) is 44.5 Å². The number of carbonyl (C=O) groups excluding carboxylic acids is 1. The molecular weight excluding hydrogens is 338 g/mol. The van der Waals surface area contributed by atoms with Crippen LogP contribution in [0.4, 0.5) is 0 Å². The lowest BCUT2D eigenvalue weighted by atomic mass is 9.97. The fourth-order valence-corrected chi connectivity index (χ4v) is 3.39. The molecule has 2 aromatic rings. The van der Waals surface area contributed by atoms with E-state index in [2.05, 4.69) is 23.4 Å². The molecule has 0 unspecified atom stereocenters. The molecule has 1 aromatic heterocycles. The molecule has 25 heavy (non-hydrogen) atoms. The molecule has 0 saturated carbocycles. The number of likely N-dealkylation sites (tertiary alicyclic amines) is 1. The lowest BCUT2D eigenvalue weighted by Gasteiger charge is -2.33. The summed E-state index contributed by atoms with van der Waals surface area (Å²) in [7, 11) is 0. The summed E-state index contributed by atoms with van der Waals surface area (Å²) >= 11 is 5.86. The maximum atomic E-state index is 12.5. The van der Waals surface area contributed by atoms with Crippen molar-refractivity contribution >= 4 is 17.5 Å². The van der Waals surface area contributed by atoms with Gasteiger partial charge in [-0.25, -0.2) is 4.98 Å². The minimum atomic E-state index is 0.0160. The minimum absolute atomic E-state index is 0.0160. The molecule has 0 aliphatic carbocycles. The Hall–Kier alpha value is -2.01. The van der Waals surface area contributed by atoms with Crippen molar-refractivity contribution < 1.29 is 9.53 Å². The van der Waals surface area contributed by atoms with Crippen LogP contribution in [0.2, 0.25) is 5.02 Å². The first kappa shape index (κ1) is 17.8. The molecule has 0 radical (unpaired) electrons. The normalized spacial score (nSPS) is 17.8. The van der Waals surface area contributed by atoms with E-state index in [4.69, 9.17) is 16.3 Å². The quantitative estimate of drug-likeness (QED) is 0.811. The number of hydrogen-bond acceptors (Lipinski definition) is 3. The molecule has 3 rings (SSSR count). The number of nitrogens with zero attached hydrogens (tertiary/aromatic N) is 3. The average Bonchev–Trinajstić information content (AvgIpc) is 3.11. The summed E-state index contributed by atoms with van der Waals surface area (Å²) in [6.45, 7) is 5.83. The highest BCUT2D eigenvalue weighted by atomic mass is 35.5. The second-order valence-corrected chi connectivity index (χ2v) is 7.14. The Kier molecular flexibility index (Phi) is 5.63. The van der Waals surface area contributed by atoms with Crippen LogP contribution in [0.3, 0.4) is 0 Å². The summed E-state index contributed by atoms with van der Waals surface area (Å²) in [5.74, 6) is 2.03. The van der Waals surface area contributed by atoms with Gasteiger partial charge in [-0.05, 0) is 51.0 Å². The molecule has 1 fully saturated rings. The van der Waals surface area contributed by atoms with Crippen LogP contribution in [-0.4, -0.2) is 40.1 Å². The molecule has 0 spiro atoms. The van der Waals surface area contributed by atoms with Gasteiger partial charge in [-0.15, -0.1) is 0 Å². The number of halogens is 1. The van der Waals surface area contributed by atoms with Gasteiger partial charge in [0.05, 0.1) is 0 Å². The van der Waals surface area contributed by atoms with Gasteiger partial charge in [-0.1, -0.05) is 11.6 Å². The zero-order valence-electron chi connectivity index (χ0n) is 14.7. The zero-order valence-corrected chi connectivity index (χ0v) is 15.4. The highest BCUT2D eigenvalue weighted by Crippen LogP contribution is 2.27. The van der Waals surface area contributed by atoms with Crippen molar-refractivity contribution in [3.05, 3.63) is 47.5 Å². The first-order valence-corrected chi connectivity index (χ1v) is 9.11. The van der Waals surface area contributed by atoms with Crippen LogP contribution >= 0.6 is 11.6 Å². The van der Waals surface area contributed by atoms with Crippen molar-refractivity contribution in [1.82, 2.24) is 14.5 Å². The van der Waals surface area contributed by atoms with E-state index in [1.54, 1.807) is 24.3 Å². The monoisotopic (exact) mass is 361 g/mol. The van der Waals surface area contributed by atoms with E-state index >= 15 is 0 Å². The Morgan fingerprint density at radius 1 is 1.36 bits per heavy atom. The molecule has 5 nitrogen and oxygen atoms in total. The van der Waals surface area contributed by atoms with Gasteiger partial charge in [0.2, 0.25) is 0 Å². The Balaban J connectivity index is 1.59. The third-order valence-corrected chi connectivity index (χ3v) is 4.82. The number of amides is 1. The fraction of sp³-hybridized carbons (Fsp3) is 0.474. The summed E-state index contributed by atoms with van der Waals surface area (Å²) in [6.07, 6.45) is 5.91. The summed E-state index contributed by atoms with van der Waals surface area (Å²) < 4.78 is 7.79. The van der Waals surface area contributed by atoms with E-state index < -0.39 is 0 Å². The maximum absolute atomic E-state index is 12.5. The standard InChI is InChI=1S/C19H24ClN3O2/c1-14(2)23-11-9-21-19(23)15-4-3-10-22(12-15)18(24)13-25-17-7-5-16(20)6-8-17/h5-9,11,14-15H,3-4,10,12-13H2,1-2H3/t15-/m1/s1. The van der Waals surface area contributed by atoms with Crippen molar-refractivity contribution in [2.24, 2.45) is 0 Å². The van der Waals surface area contributed by atoms with Gasteiger partial charge in [0.1, 0.15) is 11.6 Å². The topological polar surface area (TPSA) is 47.4 Å². The van der Waals surface area contributed by atoms with E-state index in [-0.39, 0.29) is 18.4 Å². The van der Waals surface area contributed by atoms with Gasteiger partial charge in [-0.3, -0.25) is 4.79 Å². The van der Waals surface area contributed by atoms with Crippen LogP contribution in [0.15, 0.2) is 36.7 Å². The molecule has 0 N–H and O–H groups in total. The lowest BCUT2D eigenvalue weighted by molar-refractivity contribution is -0.134. The molecule has 2 heterocycles. The van der Waals surface area contributed by atoms with Crippen LogP contribution in [0, 0.1) is 0 Å². The van der Waals surface area contributed by atoms with Gasteiger partial charge in [0.25, 0.3) is 5.91 Å². The number of carbonyl (C=O) groups is 1. The first-order valence-electron chi connectivity index (χ1n) is 8.73. The van der Waals surface area contributed by atoms with Crippen molar-refractivity contribution in [3.63, 3.8) is 0 Å². The molecule has 0 bridgehead atoms. The number of benzene rings is 1. The number of aromatic nitrogens is 2. The SMILES string of the molecule is CC(C)n1ccnc1[C@@H]1CCCN(C(=O)COc2ccc(Cl)cc2)C1. The Morgan fingerprint density at radius 3 is 2.84 bits per heavy atom. The highest BCUT2D eigenvalue weighted by molar-refractivity contribution is 6.30. The van der Waals surface area contributed by atoms with Crippen molar-refractivity contribution in [1.29, 1.82) is 0 Å². The number of hydrogen-bond donors (Lipinski definition) is 0. The van der Waals surface area contributed by atoms with Gasteiger partial charge < -0.3 is 14.2 Å². The van der Waals surface area contributed by atoms with Crippen LogP contribution in [0.5, 0.6) is 5.75 Å². The largest absolute Gasteiger partial charge is 0.484 e. The first-order chi connectivity index (χ1) is 12.0. The Labute approximate surface area is 153 Å². The third-order valence-electron chi connectivity index (χ3n) is 4.57. The predicted octanol–water partition coefficient (Wildman–Crippen LogP) is 3.90. The summed E-state index contributed by atoms with van der Waals surface area (Å²) in [4.78, 5) is 19.0. The Morgan fingerprint density at radius 2 is 2.12 bits per heavy atom. The number of rotatable bonds is 5. The molecule has 1 aliphatic heterocycles. The van der Waals surface area contributed by atoms with E-state index in [1.807, 2.05) is 17.3 Å². The zero-order chi connectivity index (χ0) is 17.8. The second-order valence-electron chi connectivity index (χ2n) is 6.71. The molecule has 1 saturated heterocycles. The van der Waals surface area contributed by atoms with Gasteiger partial charge >= 0.3 is 0 Å². The minimum Gasteiger partial charge on any atom is -0.484 e. The van der Waals surface area contributed by atoms with Gasteiger partial charge in [0, 0.05) is 42.5 Å². The van der Waals surface area contributed by atoms with E-state index in [9.17, 15) is 4.79 Å². The van der Waals surface area contributed by atoms with Crippen molar-refractivity contribution in [2.75, 3.05) is 19.7 Å². The summed E-state index contributed by atoms with van der Waals surface area (Å²) in [5.41, 5.74) is 0. The molecule has 1 aromatic carbocycles. The number of piperidine rings is 1. The smallest absolute Gasteiger partial charge is 0.260 e. The second kappa shape index (κ2) is 7.91. The van der Waals surface area contributed by atoms with Gasteiger partial charge in [-0.2, -0.15) is 0 Å². The Bertz CT molecular complexity index is 712. The molecule has 134 valence electrons. The summed E-state index contributed by atoms with van der Waals surface area (Å²) in [5, 5.41) is 0.651. The fourth-order valence-electron chi connectivity index (χ4n) is 3.26. The maximum Gasteiger partial charge on any atom is 0.260 e. The summed E-state index contributed by atoms with van der Waals surface area (Å²) in [6, 6.07) is 7.42. The average molecular weight is 362 g/mol.